The fourth-order valence-electron chi connectivity index (χ4n) is 2.21. The van der Waals surface area contributed by atoms with Crippen molar-refractivity contribution in [2.24, 2.45) is 0 Å². The first-order valence-corrected chi connectivity index (χ1v) is 7.61. The number of hydrogen-bond acceptors (Lipinski definition) is 3. The molecule has 0 N–H and O–H groups in total. The lowest BCUT2D eigenvalue weighted by atomic mass is 10.1. The molecule has 0 heterocycles. The van der Waals surface area contributed by atoms with E-state index in [-0.39, 0.29) is 13.2 Å². The van der Waals surface area contributed by atoms with Crippen LogP contribution in [0.15, 0.2) is 66.7 Å². The van der Waals surface area contributed by atoms with Crippen molar-refractivity contribution in [2.75, 3.05) is 6.61 Å². The average molecular weight is 327 g/mol. The van der Waals surface area contributed by atoms with Crippen LogP contribution in [-0.4, -0.2) is 12.6 Å². The highest BCUT2D eigenvalue weighted by atomic mass is 35.5. The van der Waals surface area contributed by atoms with Crippen LogP contribution in [0.5, 0.6) is 5.75 Å². The highest BCUT2D eigenvalue weighted by Crippen LogP contribution is 2.20. The number of esters is 1. The van der Waals surface area contributed by atoms with Crippen molar-refractivity contribution in [3.8, 4) is 5.75 Å². The van der Waals surface area contributed by atoms with E-state index >= 15 is 0 Å². The first-order valence-electron chi connectivity index (χ1n) is 7.23. The van der Waals surface area contributed by atoms with E-state index < -0.39 is 5.97 Å². The van der Waals surface area contributed by atoms with Crippen LogP contribution in [0.25, 0.3) is 10.8 Å². The molecule has 23 heavy (non-hydrogen) atoms. The summed E-state index contributed by atoms with van der Waals surface area (Å²) in [6.45, 7) is 0.00236. The molecule has 116 valence electrons. The van der Waals surface area contributed by atoms with E-state index in [9.17, 15) is 4.79 Å². The van der Waals surface area contributed by atoms with E-state index in [1.54, 1.807) is 6.07 Å². The van der Waals surface area contributed by atoms with Gasteiger partial charge in [-0.05, 0) is 29.0 Å². The number of ether oxygens (including phenoxy) is 2. The molecule has 0 aliphatic carbocycles. The summed E-state index contributed by atoms with van der Waals surface area (Å²) in [7, 11) is 0. The lowest BCUT2D eigenvalue weighted by Crippen LogP contribution is -2.14. The Hall–Kier alpha value is -2.52. The Balaban J connectivity index is 1.54. The Morgan fingerprint density at radius 3 is 2.48 bits per heavy atom. The van der Waals surface area contributed by atoms with E-state index in [1.165, 1.54) is 0 Å². The van der Waals surface area contributed by atoms with Gasteiger partial charge in [-0.25, -0.2) is 4.79 Å². The van der Waals surface area contributed by atoms with Crippen LogP contribution in [0.1, 0.15) is 5.56 Å². The summed E-state index contributed by atoms with van der Waals surface area (Å²) >= 11 is 6.01. The minimum Gasteiger partial charge on any atom is -0.482 e. The molecule has 0 bridgehead atoms. The summed E-state index contributed by atoms with van der Waals surface area (Å²) in [4.78, 5) is 11.8. The molecule has 0 spiro atoms. The topological polar surface area (TPSA) is 35.5 Å². The molecule has 0 saturated heterocycles. The van der Waals surface area contributed by atoms with E-state index in [2.05, 4.69) is 0 Å². The van der Waals surface area contributed by atoms with Gasteiger partial charge in [0.25, 0.3) is 0 Å². The minimum atomic E-state index is -0.432. The molecule has 0 aliphatic rings. The Morgan fingerprint density at radius 1 is 0.913 bits per heavy atom. The highest BCUT2D eigenvalue weighted by molar-refractivity contribution is 6.31. The number of rotatable bonds is 5. The standard InChI is InChI=1S/C19H15ClO3/c20-18-8-4-3-7-16(18)12-23-19(21)13-22-17-10-9-14-5-1-2-6-15(14)11-17/h1-11H,12-13H2. The number of fused-ring (bicyclic) bond motifs is 1. The molecule has 0 aliphatic heterocycles. The summed E-state index contributed by atoms with van der Waals surface area (Å²) in [6.07, 6.45) is 0. The normalized spacial score (nSPS) is 10.5. The van der Waals surface area contributed by atoms with Gasteiger partial charge in [-0.1, -0.05) is 60.1 Å². The molecule has 0 radical (unpaired) electrons. The maximum absolute atomic E-state index is 11.8. The van der Waals surface area contributed by atoms with Crippen LogP contribution in [0, 0.1) is 0 Å². The van der Waals surface area contributed by atoms with Crippen molar-refractivity contribution in [1.29, 1.82) is 0 Å². The largest absolute Gasteiger partial charge is 0.482 e. The van der Waals surface area contributed by atoms with Gasteiger partial charge in [0.1, 0.15) is 12.4 Å². The molecule has 3 aromatic rings. The van der Waals surface area contributed by atoms with Crippen molar-refractivity contribution in [1.82, 2.24) is 0 Å². The molecule has 0 unspecified atom stereocenters. The Labute approximate surface area is 139 Å². The lowest BCUT2D eigenvalue weighted by Gasteiger charge is -2.08. The molecular weight excluding hydrogens is 312 g/mol. The first kappa shape index (κ1) is 15.4. The van der Waals surface area contributed by atoms with Crippen molar-refractivity contribution >= 4 is 28.3 Å². The third-order valence-corrected chi connectivity index (χ3v) is 3.79. The fourth-order valence-corrected chi connectivity index (χ4v) is 2.41. The van der Waals surface area contributed by atoms with Crippen LogP contribution in [0.2, 0.25) is 5.02 Å². The van der Waals surface area contributed by atoms with E-state index in [0.717, 1.165) is 16.3 Å². The van der Waals surface area contributed by atoms with Crippen LogP contribution in [0.3, 0.4) is 0 Å². The summed E-state index contributed by atoms with van der Waals surface area (Å²) in [5.74, 6) is 0.205. The maximum atomic E-state index is 11.8. The second kappa shape index (κ2) is 7.16. The van der Waals surface area contributed by atoms with Gasteiger partial charge in [0, 0.05) is 10.6 Å². The molecule has 0 fully saturated rings. The van der Waals surface area contributed by atoms with Gasteiger partial charge in [-0.15, -0.1) is 0 Å². The predicted molar refractivity (Wildman–Crippen MR) is 90.7 cm³/mol. The molecule has 3 nitrogen and oxygen atoms in total. The van der Waals surface area contributed by atoms with E-state index in [1.807, 2.05) is 60.7 Å². The number of carbonyl (C=O) groups is 1. The predicted octanol–water partition coefficient (Wildman–Crippen LogP) is 4.62. The molecular formula is C19H15ClO3. The van der Waals surface area contributed by atoms with Crippen LogP contribution in [0.4, 0.5) is 0 Å². The van der Waals surface area contributed by atoms with Gasteiger partial charge in [0.2, 0.25) is 0 Å². The van der Waals surface area contributed by atoms with E-state index in [4.69, 9.17) is 21.1 Å². The van der Waals surface area contributed by atoms with Crippen LogP contribution >= 0.6 is 11.6 Å². The van der Waals surface area contributed by atoms with Gasteiger partial charge in [0.15, 0.2) is 6.61 Å². The number of hydrogen-bond donors (Lipinski definition) is 0. The van der Waals surface area contributed by atoms with Crippen LogP contribution < -0.4 is 4.74 Å². The summed E-state index contributed by atoms with van der Waals surface area (Å²) < 4.78 is 10.7. The number of benzene rings is 3. The van der Waals surface area contributed by atoms with Gasteiger partial charge in [0.05, 0.1) is 0 Å². The number of carbonyl (C=O) groups excluding carboxylic acids is 1. The lowest BCUT2D eigenvalue weighted by molar-refractivity contribution is -0.147. The van der Waals surface area contributed by atoms with Gasteiger partial charge in [-0.2, -0.15) is 0 Å². The third kappa shape index (κ3) is 4.02. The molecule has 0 aromatic heterocycles. The molecule has 4 heteroatoms. The molecule has 0 saturated carbocycles. The highest BCUT2D eigenvalue weighted by Gasteiger charge is 2.07. The van der Waals surface area contributed by atoms with Crippen molar-refractivity contribution in [2.45, 2.75) is 6.61 Å². The van der Waals surface area contributed by atoms with Crippen LogP contribution in [-0.2, 0) is 16.1 Å². The minimum absolute atomic E-state index is 0.136. The Bertz CT molecular complexity index is 829. The van der Waals surface area contributed by atoms with Crippen molar-refractivity contribution in [3.05, 3.63) is 77.3 Å². The molecule has 0 atom stereocenters. The van der Waals surface area contributed by atoms with Gasteiger partial charge < -0.3 is 9.47 Å². The van der Waals surface area contributed by atoms with Crippen molar-refractivity contribution < 1.29 is 14.3 Å². The monoisotopic (exact) mass is 326 g/mol. The first-order chi connectivity index (χ1) is 11.2. The molecule has 3 rings (SSSR count). The summed E-state index contributed by atoms with van der Waals surface area (Å²) in [5, 5.41) is 2.77. The Morgan fingerprint density at radius 2 is 1.65 bits per heavy atom. The van der Waals surface area contributed by atoms with Gasteiger partial charge in [-0.3, -0.25) is 0 Å². The zero-order valence-electron chi connectivity index (χ0n) is 12.4. The fraction of sp³-hybridized carbons (Fsp3) is 0.105. The second-order valence-corrected chi connectivity index (χ2v) is 5.46. The molecule has 3 aromatic carbocycles. The van der Waals surface area contributed by atoms with Gasteiger partial charge >= 0.3 is 5.97 Å². The smallest absolute Gasteiger partial charge is 0.344 e. The zero-order chi connectivity index (χ0) is 16.1. The second-order valence-electron chi connectivity index (χ2n) is 5.05. The maximum Gasteiger partial charge on any atom is 0.344 e. The zero-order valence-corrected chi connectivity index (χ0v) is 13.1. The average Bonchev–Trinajstić information content (AvgIpc) is 2.59. The summed E-state index contributed by atoms with van der Waals surface area (Å²) in [5.41, 5.74) is 0.772. The summed E-state index contributed by atoms with van der Waals surface area (Å²) in [6, 6.07) is 20.9. The number of halogens is 1. The third-order valence-electron chi connectivity index (χ3n) is 3.42. The van der Waals surface area contributed by atoms with Crippen molar-refractivity contribution in [3.63, 3.8) is 0 Å². The quantitative estimate of drug-likeness (QED) is 0.642. The SMILES string of the molecule is O=C(COc1ccc2ccccc2c1)OCc1ccccc1Cl. The molecule has 0 amide bonds. The van der Waals surface area contributed by atoms with E-state index in [0.29, 0.717) is 10.8 Å². The Kier molecular flexibility index (Phi) is 4.79.